The maximum absolute atomic E-state index is 13.7. The lowest BCUT2D eigenvalue weighted by atomic mass is 9.88. The van der Waals surface area contributed by atoms with Crippen molar-refractivity contribution < 1.29 is 18.0 Å². The Hall–Kier alpha value is -2.69. The molecular weight excluding hydrogens is 489 g/mol. The van der Waals surface area contributed by atoms with E-state index in [9.17, 15) is 18.0 Å². The van der Waals surface area contributed by atoms with E-state index in [0.29, 0.717) is 60.3 Å². The number of halogens is 4. The minimum Gasteiger partial charge on any atom is -0.332 e. The molecule has 0 fully saturated rings. The second-order valence-corrected chi connectivity index (χ2v) is 8.15. The van der Waals surface area contributed by atoms with Gasteiger partial charge in [0.25, 0.3) is 5.91 Å². The van der Waals surface area contributed by atoms with Gasteiger partial charge in [-0.25, -0.2) is 0 Å². The standard InChI is InChI=1S/C21H22BrF3N6O/c1-3-30-12-18(19(27-30)21(23,24)25)16-7-13(9-22)8-17-15(16)5-6-29(20(17)32)10-14-11-31(4-2)28-26-14/h7-8,11-12H,3-6,9-10H2,1-2H3. The Labute approximate surface area is 191 Å². The van der Waals surface area contributed by atoms with Crippen molar-refractivity contribution in [2.24, 2.45) is 0 Å². The zero-order valence-corrected chi connectivity index (χ0v) is 19.2. The molecule has 1 aromatic carbocycles. The van der Waals surface area contributed by atoms with Crippen molar-refractivity contribution in [3.8, 4) is 11.1 Å². The molecule has 2 aromatic heterocycles. The van der Waals surface area contributed by atoms with Crippen LogP contribution in [0.1, 0.15) is 46.7 Å². The maximum atomic E-state index is 13.7. The molecule has 0 unspecified atom stereocenters. The molecule has 0 spiro atoms. The summed E-state index contributed by atoms with van der Waals surface area (Å²) in [5, 5.41) is 12.3. The fourth-order valence-corrected chi connectivity index (χ4v) is 4.25. The molecule has 0 atom stereocenters. The number of benzene rings is 1. The fourth-order valence-electron chi connectivity index (χ4n) is 3.93. The molecule has 0 aliphatic carbocycles. The van der Waals surface area contributed by atoms with E-state index in [4.69, 9.17) is 0 Å². The molecule has 0 saturated heterocycles. The number of hydrogen-bond acceptors (Lipinski definition) is 4. The van der Waals surface area contributed by atoms with E-state index >= 15 is 0 Å². The molecule has 170 valence electrons. The Morgan fingerprint density at radius 3 is 2.41 bits per heavy atom. The van der Waals surface area contributed by atoms with Crippen molar-refractivity contribution in [1.82, 2.24) is 29.7 Å². The molecule has 4 rings (SSSR count). The Balaban J connectivity index is 1.77. The third-order valence-electron chi connectivity index (χ3n) is 5.52. The highest BCUT2D eigenvalue weighted by atomic mass is 79.9. The summed E-state index contributed by atoms with van der Waals surface area (Å²) in [5.41, 5.74) is 1.92. The lowest BCUT2D eigenvalue weighted by molar-refractivity contribution is -0.141. The van der Waals surface area contributed by atoms with Crippen LogP contribution in [0.5, 0.6) is 0 Å². The van der Waals surface area contributed by atoms with Crippen LogP contribution in [0.4, 0.5) is 13.2 Å². The van der Waals surface area contributed by atoms with Crippen molar-refractivity contribution in [3.63, 3.8) is 0 Å². The van der Waals surface area contributed by atoms with Crippen molar-refractivity contribution in [2.75, 3.05) is 6.54 Å². The van der Waals surface area contributed by atoms with Crippen LogP contribution in [0, 0.1) is 0 Å². The molecule has 3 heterocycles. The summed E-state index contributed by atoms with van der Waals surface area (Å²) >= 11 is 3.38. The van der Waals surface area contributed by atoms with E-state index in [1.54, 1.807) is 34.8 Å². The first-order valence-corrected chi connectivity index (χ1v) is 11.4. The van der Waals surface area contributed by atoms with Crippen LogP contribution in [0.2, 0.25) is 0 Å². The van der Waals surface area contributed by atoms with Gasteiger partial charge in [-0.2, -0.15) is 18.3 Å². The van der Waals surface area contributed by atoms with E-state index in [-0.39, 0.29) is 11.5 Å². The largest absolute Gasteiger partial charge is 0.435 e. The van der Waals surface area contributed by atoms with Crippen LogP contribution in [0.25, 0.3) is 11.1 Å². The monoisotopic (exact) mass is 510 g/mol. The summed E-state index contributed by atoms with van der Waals surface area (Å²) in [6.45, 7) is 5.35. The number of amides is 1. The number of fused-ring (bicyclic) bond motifs is 1. The summed E-state index contributed by atoms with van der Waals surface area (Å²) in [5.74, 6) is -0.224. The van der Waals surface area contributed by atoms with Gasteiger partial charge < -0.3 is 4.90 Å². The Kier molecular flexibility index (Phi) is 6.11. The molecule has 0 N–H and O–H groups in total. The van der Waals surface area contributed by atoms with E-state index < -0.39 is 11.9 Å². The van der Waals surface area contributed by atoms with E-state index in [1.807, 2.05) is 6.92 Å². The number of alkyl halides is 4. The number of hydrogen-bond donors (Lipinski definition) is 0. The van der Waals surface area contributed by atoms with E-state index in [0.717, 1.165) is 5.56 Å². The molecular formula is C21H22BrF3N6O. The average Bonchev–Trinajstić information content (AvgIpc) is 3.41. The lowest BCUT2D eigenvalue weighted by Crippen LogP contribution is -2.37. The summed E-state index contributed by atoms with van der Waals surface area (Å²) < 4.78 is 44.2. The van der Waals surface area contributed by atoms with Crippen molar-refractivity contribution in [2.45, 2.75) is 51.4 Å². The fraction of sp³-hybridized carbons (Fsp3) is 0.429. The van der Waals surface area contributed by atoms with E-state index in [1.165, 1.54) is 10.9 Å². The smallest absolute Gasteiger partial charge is 0.332 e. The minimum atomic E-state index is -4.59. The molecule has 0 saturated carbocycles. The summed E-state index contributed by atoms with van der Waals surface area (Å²) in [6.07, 6.45) is -0.952. The minimum absolute atomic E-state index is 0.00513. The van der Waals surface area contributed by atoms with Crippen LogP contribution in [-0.4, -0.2) is 42.1 Å². The van der Waals surface area contributed by atoms with Crippen LogP contribution in [0.3, 0.4) is 0 Å². The zero-order chi connectivity index (χ0) is 23.0. The number of carbonyl (C=O) groups excluding carboxylic acids is 1. The molecule has 0 bridgehead atoms. The first kappa shape index (κ1) is 22.5. The van der Waals surface area contributed by atoms with Gasteiger partial charge in [0.2, 0.25) is 0 Å². The number of nitrogens with zero attached hydrogens (tertiary/aromatic N) is 6. The number of aromatic nitrogens is 5. The van der Waals surface area contributed by atoms with Crippen molar-refractivity contribution >= 4 is 21.8 Å². The third-order valence-corrected chi connectivity index (χ3v) is 6.17. The number of rotatable bonds is 6. The van der Waals surface area contributed by atoms with Crippen molar-refractivity contribution in [3.05, 3.63) is 52.6 Å². The van der Waals surface area contributed by atoms with Crippen LogP contribution in [-0.2, 0) is 37.6 Å². The third kappa shape index (κ3) is 4.17. The van der Waals surface area contributed by atoms with Gasteiger partial charge in [0.1, 0.15) is 5.69 Å². The topological polar surface area (TPSA) is 68.8 Å². The molecule has 0 radical (unpaired) electrons. The van der Waals surface area contributed by atoms with Crippen molar-refractivity contribution in [1.29, 1.82) is 0 Å². The molecule has 11 heteroatoms. The second-order valence-electron chi connectivity index (χ2n) is 7.59. The van der Waals surface area contributed by atoms with Gasteiger partial charge >= 0.3 is 6.18 Å². The predicted molar refractivity (Wildman–Crippen MR) is 115 cm³/mol. The second kappa shape index (κ2) is 8.68. The molecule has 7 nitrogen and oxygen atoms in total. The van der Waals surface area contributed by atoms with Crippen LogP contribution < -0.4 is 0 Å². The van der Waals surface area contributed by atoms with Crippen LogP contribution >= 0.6 is 15.9 Å². The van der Waals surface area contributed by atoms with Gasteiger partial charge in [-0.3, -0.25) is 14.2 Å². The number of carbonyl (C=O) groups is 1. The molecule has 32 heavy (non-hydrogen) atoms. The first-order valence-electron chi connectivity index (χ1n) is 10.3. The molecule has 1 aliphatic heterocycles. The summed E-state index contributed by atoms with van der Waals surface area (Å²) in [6, 6.07) is 3.47. The van der Waals surface area contributed by atoms with Gasteiger partial charge in [-0.15, -0.1) is 5.10 Å². The van der Waals surface area contributed by atoms with Gasteiger partial charge in [-0.05, 0) is 49.1 Å². The number of aryl methyl sites for hydroxylation is 2. The Morgan fingerprint density at radius 1 is 1.06 bits per heavy atom. The maximum Gasteiger partial charge on any atom is 0.435 e. The van der Waals surface area contributed by atoms with E-state index in [2.05, 4.69) is 31.3 Å². The van der Waals surface area contributed by atoms with Gasteiger partial charge in [0.15, 0.2) is 5.69 Å². The zero-order valence-electron chi connectivity index (χ0n) is 17.7. The summed E-state index contributed by atoms with van der Waals surface area (Å²) in [7, 11) is 0. The highest BCUT2D eigenvalue weighted by molar-refractivity contribution is 9.08. The highest BCUT2D eigenvalue weighted by Gasteiger charge is 2.39. The SMILES string of the molecule is CCn1cc(CN2CCc3c(cc(CBr)cc3-c3cn(CC)nc3C(F)(F)F)C2=O)nn1. The normalized spacial score (nSPS) is 14.2. The lowest BCUT2D eigenvalue weighted by Gasteiger charge is -2.30. The van der Waals surface area contributed by atoms with Gasteiger partial charge in [-0.1, -0.05) is 21.1 Å². The first-order chi connectivity index (χ1) is 15.2. The average molecular weight is 511 g/mol. The quantitative estimate of drug-likeness (QED) is 0.463. The Bertz CT molecular complexity index is 1150. The van der Waals surface area contributed by atoms with Crippen LogP contribution in [0.15, 0.2) is 24.5 Å². The van der Waals surface area contributed by atoms with Gasteiger partial charge in [0, 0.05) is 42.3 Å². The van der Waals surface area contributed by atoms with Gasteiger partial charge in [0.05, 0.1) is 12.7 Å². The molecule has 3 aromatic rings. The summed E-state index contributed by atoms with van der Waals surface area (Å²) in [4.78, 5) is 15.0. The highest BCUT2D eigenvalue weighted by Crippen LogP contribution is 2.40. The Morgan fingerprint density at radius 2 is 1.78 bits per heavy atom. The molecule has 1 amide bonds. The predicted octanol–water partition coefficient (Wildman–Crippen LogP) is 4.29. The molecule has 1 aliphatic rings.